The molecule has 0 aliphatic carbocycles. The molecule has 7 amide bonds. The number of nitrogens with zero attached hydrogens (tertiary/aromatic N) is 1. The van der Waals surface area contributed by atoms with Gasteiger partial charge in [0.15, 0.2) is 0 Å². The predicted octanol–water partition coefficient (Wildman–Crippen LogP) is -2.26. The number of nitrogens with one attached hydrogen (secondary N) is 5. The third-order valence-electron chi connectivity index (χ3n) is 8.95. The highest BCUT2D eigenvalue weighted by molar-refractivity contribution is 5.97. The number of carboxylic acids is 1. The van der Waals surface area contributed by atoms with Gasteiger partial charge in [0.05, 0.1) is 6.10 Å². The van der Waals surface area contributed by atoms with Crippen molar-refractivity contribution in [3.63, 3.8) is 0 Å². The molecule has 55 heavy (non-hydrogen) atoms. The van der Waals surface area contributed by atoms with Crippen LogP contribution in [0.5, 0.6) is 5.75 Å². The van der Waals surface area contributed by atoms with Crippen LogP contribution >= 0.6 is 0 Å². The second kappa shape index (κ2) is 21.0. The van der Waals surface area contributed by atoms with Crippen LogP contribution in [0, 0.1) is 11.8 Å². The number of rotatable bonds is 21. The number of benzene rings is 1. The van der Waals surface area contributed by atoms with Gasteiger partial charge in [0.2, 0.25) is 41.4 Å². The van der Waals surface area contributed by atoms with Gasteiger partial charge in [-0.2, -0.15) is 0 Å². The average molecular weight is 777 g/mol. The maximum atomic E-state index is 13.8. The van der Waals surface area contributed by atoms with E-state index < -0.39 is 109 Å². The van der Waals surface area contributed by atoms with E-state index in [4.69, 9.17) is 11.5 Å². The highest BCUT2D eigenvalue weighted by Gasteiger charge is 2.39. The fourth-order valence-corrected chi connectivity index (χ4v) is 5.85. The van der Waals surface area contributed by atoms with Crippen LogP contribution in [0.4, 0.5) is 0 Å². The fraction of sp³-hybridized carbons (Fsp3) is 0.611. The van der Waals surface area contributed by atoms with E-state index in [0.717, 1.165) is 0 Å². The lowest BCUT2D eigenvalue weighted by Gasteiger charge is -2.31. The van der Waals surface area contributed by atoms with Gasteiger partial charge in [0.1, 0.15) is 42.0 Å². The highest BCUT2D eigenvalue weighted by Crippen LogP contribution is 2.19. The lowest BCUT2D eigenvalue weighted by molar-refractivity contribution is -0.140. The number of carbonyl (C=O) groups is 8. The SMILES string of the molecule is CC(C)C[C@@H](NC(=O)[C@@H](CCC(=O)O)NC(=O)C(NC(=O)[C@H](NC(=O)[C@@H](Cc1ccc(O)cc1)N1C[C@H](N)CC1=O)[C@@H](C)O)C(C)C)C(=O)N[C@H](C)C(N)=O. The van der Waals surface area contributed by atoms with Gasteiger partial charge in [-0.3, -0.25) is 38.4 Å². The molecule has 0 aromatic heterocycles. The summed E-state index contributed by atoms with van der Waals surface area (Å²) in [5.41, 5.74) is 11.8. The largest absolute Gasteiger partial charge is 0.508 e. The molecule has 0 saturated carbocycles. The summed E-state index contributed by atoms with van der Waals surface area (Å²) in [4.78, 5) is 105. The van der Waals surface area contributed by atoms with Crippen LogP contribution in [0.2, 0.25) is 0 Å². The summed E-state index contributed by atoms with van der Waals surface area (Å²) in [6.07, 6.45) is -2.35. The number of aliphatic hydroxyl groups is 1. The van der Waals surface area contributed by atoms with Gasteiger partial charge < -0.3 is 58.3 Å². The maximum absolute atomic E-state index is 13.8. The molecule has 2 rings (SSSR count). The fourth-order valence-electron chi connectivity index (χ4n) is 5.85. The summed E-state index contributed by atoms with van der Waals surface area (Å²) in [5, 5.41) is 42.0. The Morgan fingerprint density at radius 2 is 1.35 bits per heavy atom. The van der Waals surface area contributed by atoms with E-state index in [1.807, 2.05) is 0 Å². The minimum atomic E-state index is -1.63. The van der Waals surface area contributed by atoms with Gasteiger partial charge in [0.25, 0.3) is 0 Å². The number of aromatic hydroxyl groups is 1. The standard InChI is InChI=1S/C36H56N8O11/c1-17(2)13-25(33(52)39-19(5)31(38)50)41-32(51)24(11-12-28(48)49)40-35(54)29(18(3)4)42-36(55)30(20(6)45)43-34(53)26(44-16-22(37)15-27(44)47)14-21-7-9-23(46)10-8-21/h7-10,17-20,22,24-26,29-30,45-46H,11-16,37H2,1-6H3,(H2,38,50)(H,39,52)(H,40,54)(H,41,51)(H,42,55)(H,43,53)(H,48,49)/t19-,20-,22-,24-,25-,26-,29?,30-/m1/s1. The van der Waals surface area contributed by atoms with Gasteiger partial charge in [-0.1, -0.05) is 39.8 Å². The molecule has 0 bridgehead atoms. The Balaban J connectivity index is 2.30. The maximum Gasteiger partial charge on any atom is 0.303 e. The number of phenols is 1. The molecule has 12 N–H and O–H groups in total. The molecular weight excluding hydrogens is 720 g/mol. The van der Waals surface area contributed by atoms with E-state index in [1.165, 1.54) is 30.9 Å². The molecule has 0 radical (unpaired) electrons. The third kappa shape index (κ3) is 14.5. The zero-order valence-corrected chi connectivity index (χ0v) is 32.0. The number of phenolic OH excluding ortho intramolecular Hbond substituents is 1. The molecule has 1 fully saturated rings. The summed E-state index contributed by atoms with van der Waals surface area (Å²) < 4.78 is 0. The lowest BCUT2D eigenvalue weighted by Crippen LogP contribution is -2.62. The first kappa shape index (κ1) is 45.9. The Labute approximate surface area is 319 Å². The minimum Gasteiger partial charge on any atom is -0.508 e. The molecule has 1 aliphatic heterocycles. The van der Waals surface area contributed by atoms with E-state index in [1.54, 1.807) is 39.8 Å². The second-order valence-corrected chi connectivity index (χ2v) is 14.7. The average Bonchev–Trinajstić information content (AvgIpc) is 3.42. The van der Waals surface area contributed by atoms with Crippen LogP contribution in [0.1, 0.15) is 72.8 Å². The van der Waals surface area contributed by atoms with Crippen molar-refractivity contribution in [2.75, 3.05) is 6.54 Å². The van der Waals surface area contributed by atoms with Crippen molar-refractivity contribution in [2.24, 2.45) is 23.3 Å². The van der Waals surface area contributed by atoms with Gasteiger partial charge in [0, 0.05) is 31.8 Å². The zero-order chi connectivity index (χ0) is 41.7. The van der Waals surface area contributed by atoms with Crippen LogP contribution in [0.15, 0.2) is 24.3 Å². The first-order chi connectivity index (χ1) is 25.6. The van der Waals surface area contributed by atoms with Crippen molar-refractivity contribution in [3.05, 3.63) is 29.8 Å². The smallest absolute Gasteiger partial charge is 0.303 e. The summed E-state index contributed by atoms with van der Waals surface area (Å²) >= 11 is 0. The van der Waals surface area contributed by atoms with Gasteiger partial charge in [-0.25, -0.2) is 0 Å². The van der Waals surface area contributed by atoms with E-state index in [-0.39, 0.29) is 43.4 Å². The molecule has 1 aromatic rings. The zero-order valence-electron chi connectivity index (χ0n) is 32.0. The van der Waals surface area contributed by atoms with Crippen molar-refractivity contribution in [2.45, 2.75) is 122 Å². The number of nitrogens with two attached hydrogens (primary N) is 2. The van der Waals surface area contributed by atoms with E-state index in [0.29, 0.717) is 5.56 Å². The number of carboxylic acid groups (broad SMARTS) is 1. The number of hydrogen-bond donors (Lipinski definition) is 10. The number of primary amides is 1. The molecule has 1 saturated heterocycles. The predicted molar refractivity (Wildman–Crippen MR) is 197 cm³/mol. The van der Waals surface area contributed by atoms with Crippen molar-refractivity contribution < 1.29 is 53.7 Å². The van der Waals surface area contributed by atoms with Crippen LogP contribution in [0.25, 0.3) is 0 Å². The van der Waals surface area contributed by atoms with E-state index in [2.05, 4.69) is 26.6 Å². The molecule has 1 aromatic carbocycles. The number of amides is 7. The normalized spacial score (nSPS) is 18.0. The van der Waals surface area contributed by atoms with Crippen molar-refractivity contribution in [1.29, 1.82) is 0 Å². The summed E-state index contributed by atoms with van der Waals surface area (Å²) in [5.74, 6) is -7.55. The molecule has 0 spiro atoms. The molecular formula is C36H56N8O11. The topological polar surface area (TPSA) is 313 Å². The quantitative estimate of drug-likeness (QED) is 0.0633. The number of aliphatic carboxylic acids is 1. The minimum absolute atomic E-state index is 0.00356. The molecule has 306 valence electrons. The molecule has 19 nitrogen and oxygen atoms in total. The third-order valence-corrected chi connectivity index (χ3v) is 8.95. The van der Waals surface area contributed by atoms with Crippen LogP contribution in [-0.4, -0.2) is 122 Å². The molecule has 19 heteroatoms. The van der Waals surface area contributed by atoms with E-state index >= 15 is 0 Å². The number of aliphatic hydroxyl groups excluding tert-OH is 1. The second-order valence-electron chi connectivity index (χ2n) is 14.7. The molecule has 1 aliphatic rings. The monoisotopic (exact) mass is 776 g/mol. The van der Waals surface area contributed by atoms with Crippen molar-refractivity contribution in [3.8, 4) is 5.75 Å². The Kier molecular flexibility index (Phi) is 17.5. The Morgan fingerprint density at radius 3 is 1.84 bits per heavy atom. The van der Waals surface area contributed by atoms with Gasteiger partial charge in [-0.15, -0.1) is 0 Å². The Bertz CT molecular complexity index is 1550. The summed E-state index contributed by atoms with van der Waals surface area (Å²) in [6.45, 7) is 9.37. The Morgan fingerprint density at radius 1 is 0.800 bits per heavy atom. The number of likely N-dealkylation sites (tertiary alicyclic amines) is 1. The number of carbonyl (C=O) groups excluding carboxylic acids is 7. The molecule has 1 heterocycles. The van der Waals surface area contributed by atoms with Crippen LogP contribution in [0.3, 0.4) is 0 Å². The lowest BCUT2D eigenvalue weighted by atomic mass is 9.99. The first-order valence-corrected chi connectivity index (χ1v) is 18.1. The number of hydrogen-bond acceptors (Lipinski definition) is 11. The Hall–Kier alpha value is -5.30. The van der Waals surface area contributed by atoms with Gasteiger partial charge in [-0.05, 0) is 56.2 Å². The van der Waals surface area contributed by atoms with E-state index in [9.17, 15) is 53.7 Å². The van der Waals surface area contributed by atoms with Crippen molar-refractivity contribution in [1.82, 2.24) is 31.5 Å². The summed E-state index contributed by atoms with van der Waals surface area (Å²) in [7, 11) is 0. The molecule has 1 unspecified atom stereocenters. The molecule has 8 atom stereocenters. The van der Waals surface area contributed by atoms with Crippen LogP contribution in [-0.2, 0) is 44.8 Å². The highest BCUT2D eigenvalue weighted by atomic mass is 16.4. The summed E-state index contributed by atoms with van der Waals surface area (Å²) in [6, 6.07) is -2.46. The first-order valence-electron chi connectivity index (χ1n) is 18.1. The van der Waals surface area contributed by atoms with Gasteiger partial charge >= 0.3 is 5.97 Å². The van der Waals surface area contributed by atoms with Crippen molar-refractivity contribution >= 4 is 47.3 Å². The van der Waals surface area contributed by atoms with Crippen LogP contribution < -0.4 is 38.1 Å².